The first-order valence-electron chi connectivity index (χ1n) is 9.03. The Kier molecular flexibility index (Phi) is 6.88. The molecular formula is C19H23Cl2N5O. The maximum absolute atomic E-state index is 12.5. The van der Waals surface area contributed by atoms with Crippen LogP contribution in [0.25, 0.3) is 0 Å². The lowest BCUT2D eigenvalue weighted by molar-refractivity contribution is -0.122. The van der Waals surface area contributed by atoms with Crippen LogP contribution in [0.1, 0.15) is 25.3 Å². The topological polar surface area (TPSA) is 70.1 Å². The fraction of sp³-hybridized carbons (Fsp3) is 0.421. The number of benzene rings is 1. The molecule has 1 aromatic carbocycles. The number of aromatic nitrogens is 2. The van der Waals surface area contributed by atoms with Crippen molar-refractivity contribution in [3.63, 3.8) is 0 Å². The van der Waals surface area contributed by atoms with Gasteiger partial charge in [-0.1, -0.05) is 53.5 Å². The molecule has 1 amide bonds. The Bertz CT molecular complexity index is 746. The van der Waals surface area contributed by atoms with Gasteiger partial charge in [-0.3, -0.25) is 9.69 Å². The fourth-order valence-corrected chi connectivity index (χ4v) is 3.59. The van der Waals surface area contributed by atoms with Gasteiger partial charge in [-0.25, -0.2) is 0 Å². The summed E-state index contributed by atoms with van der Waals surface area (Å²) in [5, 5.41) is 14.0. The highest BCUT2D eigenvalue weighted by Gasteiger charge is 2.23. The predicted molar refractivity (Wildman–Crippen MR) is 108 cm³/mol. The van der Waals surface area contributed by atoms with Crippen LogP contribution in [0.3, 0.4) is 0 Å². The number of rotatable bonds is 6. The van der Waals surface area contributed by atoms with Crippen molar-refractivity contribution < 1.29 is 4.79 Å². The first-order valence-corrected chi connectivity index (χ1v) is 9.78. The minimum absolute atomic E-state index is 0.0829. The molecule has 0 radical (unpaired) electrons. The smallest absolute Gasteiger partial charge is 0.242 e. The van der Waals surface area contributed by atoms with E-state index in [9.17, 15) is 4.79 Å². The van der Waals surface area contributed by atoms with E-state index in [4.69, 9.17) is 23.2 Å². The summed E-state index contributed by atoms with van der Waals surface area (Å²) in [5.41, 5.74) is 1.74. The Morgan fingerprint density at radius 1 is 1.26 bits per heavy atom. The normalized spacial score (nSPS) is 16.7. The molecule has 1 saturated heterocycles. The van der Waals surface area contributed by atoms with Crippen LogP contribution in [0.2, 0.25) is 10.2 Å². The van der Waals surface area contributed by atoms with Crippen LogP contribution in [0.5, 0.6) is 0 Å². The number of piperidine rings is 1. The minimum atomic E-state index is -0.480. The van der Waals surface area contributed by atoms with E-state index in [0.29, 0.717) is 10.7 Å². The quantitative estimate of drug-likeness (QED) is 0.767. The van der Waals surface area contributed by atoms with E-state index in [-0.39, 0.29) is 17.1 Å². The summed E-state index contributed by atoms with van der Waals surface area (Å²) in [6, 6.07) is 10.1. The SMILES string of the molecule is CC(Nc1c(Cl)cnnc1Cl)C(=O)NC1CCN(Cc2ccccc2)CC1. The zero-order valence-corrected chi connectivity index (χ0v) is 16.7. The molecule has 27 heavy (non-hydrogen) atoms. The average molecular weight is 408 g/mol. The van der Waals surface area contributed by atoms with Crippen LogP contribution in [0, 0.1) is 0 Å². The van der Waals surface area contributed by atoms with Gasteiger partial charge in [-0.2, -0.15) is 5.10 Å². The molecule has 1 unspecified atom stereocenters. The number of hydrogen-bond donors (Lipinski definition) is 2. The summed E-state index contributed by atoms with van der Waals surface area (Å²) >= 11 is 12.1. The number of amides is 1. The van der Waals surface area contributed by atoms with Gasteiger partial charge in [0, 0.05) is 25.7 Å². The summed E-state index contributed by atoms with van der Waals surface area (Å²) in [5.74, 6) is -0.0829. The molecule has 2 aromatic rings. The number of likely N-dealkylation sites (tertiary alicyclic amines) is 1. The van der Waals surface area contributed by atoms with E-state index in [0.717, 1.165) is 32.5 Å². The van der Waals surface area contributed by atoms with Gasteiger partial charge in [-0.15, -0.1) is 5.10 Å². The highest BCUT2D eigenvalue weighted by molar-refractivity contribution is 6.38. The molecule has 3 rings (SSSR count). The van der Waals surface area contributed by atoms with Crippen LogP contribution >= 0.6 is 23.2 Å². The lowest BCUT2D eigenvalue weighted by Crippen LogP contribution is -2.48. The van der Waals surface area contributed by atoms with Crippen LogP contribution in [0.4, 0.5) is 5.69 Å². The predicted octanol–water partition coefficient (Wildman–Crippen LogP) is 3.36. The second kappa shape index (κ2) is 9.35. The van der Waals surface area contributed by atoms with Gasteiger partial charge in [0.05, 0.1) is 16.9 Å². The van der Waals surface area contributed by atoms with Crippen molar-refractivity contribution in [2.75, 3.05) is 18.4 Å². The molecule has 1 fully saturated rings. The summed E-state index contributed by atoms with van der Waals surface area (Å²) in [7, 11) is 0. The number of nitrogens with zero attached hydrogens (tertiary/aromatic N) is 3. The minimum Gasteiger partial charge on any atom is -0.370 e. The second-order valence-electron chi connectivity index (χ2n) is 6.77. The number of carbonyl (C=O) groups excluding carboxylic acids is 1. The molecule has 0 bridgehead atoms. The highest BCUT2D eigenvalue weighted by Crippen LogP contribution is 2.27. The molecule has 0 spiro atoms. The average Bonchev–Trinajstić information content (AvgIpc) is 2.67. The lowest BCUT2D eigenvalue weighted by Gasteiger charge is -2.33. The van der Waals surface area contributed by atoms with E-state index in [1.165, 1.54) is 11.8 Å². The zero-order chi connectivity index (χ0) is 19.2. The Morgan fingerprint density at radius 3 is 2.63 bits per heavy atom. The molecule has 1 aliphatic rings. The van der Waals surface area contributed by atoms with Gasteiger partial charge in [0.1, 0.15) is 6.04 Å². The van der Waals surface area contributed by atoms with Crippen LogP contribution < -0.4 is 10.6 Å². The molecule has 2 N–H and O–H groups in total. The number of nitrogens with one attached hydrogen (secondary N) is 2. The zero-order valence-electron chi connectivity index (χ0n) is 15.2. The van der Waals surface area contributed by atoms with Crippen LogP contribution in [-0.4, -0.2) is 46.2 Å². The molecule has 1 atom stereocenters. The van der Waals surface area contributed by atoms with Crippen molar-refractivity contribution >= 4 is 34.8 Å². The van der Waals surface area contributed by atoms with E-state index < -0.39 is 6.04 Å². The standard InChI is InChI=1S/C19H23Cl2N5O/c1-13(23-17-16(20)11-22-25-18(17)21)19(27)24-15-7-9-26(10-8-15)12-14-5-3-2-4-6-14/h2-6,11,13,15H,7-10,12H2,1H3,(H,22,23)(H,24,27). The second-order valence-corrected chi connectivity index (χ2v) is 7.53. The Hall–Kier alpha value is -1.89. The van der Waals surface area contributed by atoms with Crippen molar-refractivity contribution in [2.24, 2.45) is 0 Å². The summed E-state index contributed by atoms with van der Waals surface area (Å²) in [6.45, 7) is 4.65. The Labute approximate surface area is 169 Å². The van der Waals surface area contributed by atoms with Crippen molar-refractivity contribution in [3.8, 4) is 0 Å². The van der Waals surface area contributed by atoms with Crippen molar-refractivity contribution in [3.05, 3.63) is 52.3 Å². The Morgan fingerprint density at radius 2 is 1.96 bits per heavy atom. The maximum Gasteiger partial charge on any atom is 0.242 e. The molecular weight excluding hydrogens is 385 g/mol. The largest absolute Gasteiger partial charge is 0.370 e. The van der Waals surface area contributed by atoms with Crippen LogP contribution in [0.15, 0.2) is 36.5 Å². The maximum atomic E-state index is 12.5. The van der Waals surface area contributed by atoms with Gasteiger partial charge in [0.25, 0.3) is 0 Å². The van der Waals surface area contributed by atoms with Gasteiger partial charge in [0.2, 0.25) is 5.91 Å². The number of anilines is 1. The summed E-state index contributed by atoms with van der Waals surface area (Å²) in [4.78, 5) is 14.9. The third kappa shape index (κ3) is 5.54. The monoisotopic (exact) mass is 407 g/mol. The lowest BCUT2D eigenvalue weighted by atomic mass is 10.0. The first kappa shape index (κ1) is 19.9. The molecule has 1 aliphatic heterocycles. The van der Waals surface area contributed by atoms with Crippen molar-refractivity contribution in [1.82, 2.24) is 20.4 Å². The van der Waals surface area contributed by atoms with Gasteiger partial charge >= 0.3 is 0 Å². The van der Waals surface area contributed by atoms with Gasteiger partial charge in [0.15, 0.2) is 5.15 Å². The number of halogens is 2. The molecule has 6 nitrogen and oxygen atoms in total. The molecule has 8 heteroatoms. The summed E-state index contributed by atoms with van der Waals surface area (Å²) in [6.07, 6.45) is 3.26. The van der Waals surface area contributed by atoms with Gasteiger partial charge in [-0.05, 0) is 25.3 Å². The van der Waals surface area contributed by atoms with E-state index in [1.54, 1.807) is 6.92 Å². The van der Waals surface area contributed by atoms with E-state index in [2.05, 4.69) is 50.0 Å². The van der Waals surface area contributed by atoms with E-state index in [1.807, 2.05) is 6.07 Å². The summed E-state index contributed by atoms with van der Waals surface area (Å²) < 4.78 is 0. The molecule has 144 valence electrons. The van der Waals surface area contributed by atoms with Crippen LogP contribution in [-0.2, 0) is 11.3 Å². The first-order chi connectivity index (χ1) is 13.0. The fourth-order valence-electron chi connectivity index (χ4n) is 3.16. The Balaban J connectivity index is 1.46. The highest BCUT2D eigenvalue weighted by atomic mass is 35.5. The number of hydrogen-bond acceptors (Lipinski definition) is 5. The molecule has 0 aliphatic carbocycles. The molecule has 2 heterocycles. The van der Waals surface area contributed by atoms with E-state index >= 15 is 0 Å². The molecule has 0 saturated carbocycles. The third-order valence-corrected chi connectivity index (χ3v) is 5.25. The molecule has 1 aromatic heterocycles. The third-order valence-electron chi connectivity index (χ3n) is 4.70. The van der Waals surface area contributed by atoms with Gasteiger partial charge < -0.3 is 10.6 Å². The van der Waals surface area contributed by atoms with Crippen molar-refractivity contribution in [1.29, 1.82) is 0 Å². The van der Waals surface area contributed by atoms with Crippen molar-refractivity contribution in [2.45, 2.75) is 38.4 Å². The number of carbonyl (C=O) groups is 1.